The molecule has 0 saturated heterocycles. The van der Waals surface area contributed by atoms with E-state index in [0.29, 0.717) is 0 Å². The van der Waals surface area contributed by atoms with Gasteiger partial charge >= 0.3 is 259 Å². The van der Waals surface area contributed by atoms with Crippen LogP contribution in [0, 0.1) is 0 Å². The quantitative estimate of drug-likeness (QED) is 0.123. The number of rotatable bonds is 4. The van der Waals surface area contributed by atoms with Gasteiger partial charge in [0, 0.05) is 0 Å². The molecule has 0 unspecified atom stereocenters. The van der Waals surface area contributed by atoms with Gasteiger partial charge in [0.15, 0.2) is 0 Å². The second-order valence-corrected chi connectivity index (χ2v) is 31.5. The molecule has 5 heteroatoms. The molecule has 0 spiro atoms. The van der Waals surface area contributed by atoms with E-state index in [-0.39, 0.29) is 24.8 Å². The minimum atomic E-state index is -5.05. The van der Waals surface area contributed by atoms with Crippen molar-refractivity contribution < 1.29 is 18.0 Å². The fourth-order valence-electron chi connectivity index (χ4n) is 7.89. The van der Waals surface area contributed by atoms with E-state index in [1.807, 2.05) is 24.3 Å². The van der Waals surface area contributed by atoms with Crippen molar-refractivity contribution in [3.05, 3.63) is 158 Å². The summed E-state index contributed by atoms with van der Waals surface area (Å²) in [7, 11) is 0. The molecule has 218 valence electrons. The summed E-state index contributed by atoms with van der Waals surface area (Å²) in [5.74, 6) is 0. The Labute approximate surface area is 281 Å². The first-order valence-corrected chi connectivity index (χ1v) is 24.9. The zero-order chi connectivity index (χ0) is 28.5. The van der Waals surface area contributed by atoms with E-state index in [1.165, 1.54) is 57.1 Å². The van der Waals surface area contributed by atoms with Gasteiger partial charge in [-0.25, -0.2) is 0 Å². The zero-order valence-corrected chi connectivity index (χ0v) is 30.6. The van der Waals surface area contributed by atoms with Crippen LogP contribution in [0.4, 0.5) is 0 Å². The molecule has 2 aliphatic rings. The molecule has 0 bridgehead atoms. The van der Waals surface area contributed by atoms with Gasteiger partial charge in [-0.05, 0) is 0 Å². The molecule has 0 fully saturated rings. The Kier molecular flexibility index (Phi) is 8.19. The summed E-state index contributed by atoms with van der Waals surface area (Å²) in [6.45, 7) is 0. The van der Waals surface area contributed by atoms with E-state index in [9.17, 15) is 0 Å². The second-order valence-electron chi connectivity index (χ2n) is 11.8. The van der Waals surface area contributed by atoms with Crippen molar-refractivity contribution in [2.75, 3.05) is 0 Å². The summed E-state index contributed by atoms with van der Waals surface area (Å²) >= 11 is 8.01. The summed E-state index contributed by atoms with van der Waals surface area (Å²) in [4.78, 5) is 0. The van der Waals surface area contributed by atoms with Crippen molar-refractivity contribution in [1.29, 1.82) is 0 Å². The maximum absolute atomic E-state index is 6.53. The van der Waals surface area contributed by atoms with Gasteiger partial charge in [0.2, 0.25) is 0 Å². The third-order valence-electron chi connectivity index (χ3n) is 9.85. The van der Waals surface area contributed by atoms with Crippen LogP contribution >= 0.6 is 48.0 Å². The van der Waals surface area contributed by atoms with Crippen molar-refractivity contribution in [2.24, 2.45) is 0 Å². The molecule has 44 heavy (non-hydrogen) atoms. The van der Waals surface area contributed by atoms with Gasteiger partial charge in [-0.1, -0.05) is 0 Å². The van der Waals surface area contributed by atoms with Crippen LogP contribution in [0.1, 0.15) is 17.5 Å². The number of hydrogen-bond donors (Lipinski definition) is 0. The molecular formula is C39H30Cl4Hf. The predicted octanol–water partition coefficient (Wildman–Crippen LogP) is 9.96. The minimum absolute atomic E-state index is 0. The van der Waals surface area contributed by atoms with Gasteiger partial charge in [-0.2, -0.15) is 0 Å². The number of hydrogen-bond acceptors (Lipinski definition) is 0. The first kappa shape index (κ1) is 31.2. The van der Waals surface area contributed by atoms with E-state index in [2.05, 4.69) is 109 Å². The summed E-state index contributed by atoms with van der Waals surface area (Å²) in [6, 6.07) is 41.9. The SMILES string of the molecule is Cl.Cl.[CH2]=[Hf]([C]1=CC=CC1)([c]1ccc(Cl)cc1)([c]1ccc(Cl)cc1)[c]1cccc2c1c1c(c3ccccc32)-c2ccccc2C1. The Bertz CT molecular complexity index is 2160. The van der Waals surface area contributed by atoms with Crippen molar-refractivity contribution in [3.8, 4) is 11.1 Å². The molecule has 8 rings (SSSR count). The molecule has 0 aromatic heterocycles. The van der Waals surface area contributed by atoms with Gasteiger partial charge in [0.25, 0.3) is 0 Å². The number of fused-ring (bicyclic) bond motifs is 8. The fourth-order valence-corrected chi connectivity index (χ4v) is 30.4. The van der Waals surface area contributed by atoms with Crippen LogP contribution < -0.4 is 9.96 Å². The van der Waals surface area contributed by atoms with Gasteiger partial charge in [-0.15, -0.1) is 24.8 Å². The molecule has 0 radical (unpaired) electrons. The molecule has 2 aliphatic carbocycles. The zero-order valence-electron chi connectivity index (χ0n) is 23.9. The summed E-state index contributed by atoms with van der Waals surface area (Å²) in [5.41, 5.74) is 5.53. The molecule has 0 aliphatic heterocycles. The Hall–Kier alpha value is -2.78. The standard InChI is InChI=1S/C21H13.2C6H4Cl.C5H5.CH2.2ClH.Hf/c1-2-8-15-14(7-1)13-20-18-11-4-3-9-16(18)17-10-5-6-12-19(17)21(15)20;2*7-6-4-2-1-3-5-6;1-2-4-5-3-1;;;;/h1-10,12H,13H2;2*2-5H;1-3H,4H2;1H2;2*1H;. The Balaban J connectivity index is 0.00000171. The van der Waals surface area contributed by atoms with Gasteiger partial charge in [0.1, 0.15) is 0 Å². The monoisotopic (exact) mass is 818 g/mol. The maximum atomic E-state index is 6.53. The Morgan fingerprint density at radius 3 is 1.84 bits per heavy atom. The van der Waals surface area contributed by atoms with E-state index in [0.717, 1.165) is 22.9 Å². The van der Waals surface area contributed by atoms with Gasteiger partial charge < -0.3 is 0 Å². The van der Waals surface area contributed by atoms with Crippen LogP contribution in [0.5, 0.6) is 0 Å². The molecule has 6 aromatic carbocycles. The van der Waals surface area contributed by atoms with Crippen LogP contribution in [-0.4, -0.2) is 4.26 Å². The molecule has 0 heterocycles. The molecule has 0 N–H and O–H groups in total. The second kappa shape index (κ2) is 11.5. The van der Waals surface area contributed by atoms with Gasteiger partial charge in [-0.3, -0.25) is 0 Å². The Morgan fingerprint density at radius 2 is 1.20 bits per heavy atom. The molecule has 0 amide bonds. The van der Waals surface area contributed by atoms with Gasteiger partial charge in [0.05, 0.1) is 0 Å². The third kappa shape index (κ3) is 4.24. The van der Waals surface area contributed by atoms with Crippen LogP contribution in [-0.2, 0) is 24.4 Å². The molecule has 0 saturated carbocycles. The molecular weight excluding hydrogens is 789 g/mol. The van der Waals surface area contributed by atoms with E-state index in [1.54, 1.807) is 0 Å². The molecule has 0 nitrogen and oxygen atoms in total. The average Bonchev–Trinajstić information content (AvgIpc) is 3.71. The van der Waals surface area contributed by atoms with Crippen molar-refractivity contribution in [1.82, 2.24) is 0 Å². The third-order valence-corrected chi connectivity index (χ3v) is 34.1. The first-order chi connectivity index (χ1) is 20.5. The average molecular weight is 819 g/mol. The Morgan fingerprint density at radius 1 is 0.614 bits per heavy atom. The normalized spacial score (nSPS) is 13.7. The predicted molar refractivity (Wildman–Crippen MR) is 195 cm³/mol. The van der Waals surface area contributed by atoms with Crippen molar-refractivity contribution >= 4 is 83.8 Å². The van der Waals surface area contributed by atoms with E-state index >= 15 is 0 Å². The molecule has 0 atom stereocenters. The molecule has 6 aromatic rings. The van der Waals surface area contributed by atoms with Crippen LogP contribution in [0.25, 0.3) is 32.7 Å². The first-order valence-electron chi connectivity index (χ1n) is 14.4. The number of halogens is 4. The van der Waals surface area contributed by atoms with Crippen molar-refractivity contribution in [3.63, 3.8) is 0 Å². The number of benzene rings is 6. The number of allylic oxidation sites excluding steroid dienone is 4. The summed E-state index contributed by atoms with van der Waals surface area (Å²) in [5, 5.41) is 6.75. The van der Waals surface area contributed by atoms with E-state index < -0.39 is 18.0 Å². The van der Waals surface area contributed by atoms with Crippen molar-refractivity contribution in [2.45, 2.75) is 12.8 Å². The fraction of sp³-hybridized carbons (Fsp3) is 0.0513. The summed E-state index contributed by atoms with van der Waals surface area (Å²) in [6.07, 6.45) is 8.64. The summed E-state index contributed by atoms with van der Waals surface area (Å²) < 4.78 is 11.0. The van der Waals surface area contributed by atoms with Crippen LogP contribution in [0.2, 0.25) is 10.0 Å². The van der Waals surface area contributed by atoms with Crippen LogP contribution in [0.15, 0.2) is 137 Å². The van der Waals surface area contributed by atoms with Crippen LogP contribution in [0.3, 0.4) is 0 Å². The van der Waals surface area contributed by atoms with E-state index in [4.69, 9.17) is 27.5 Å². The topological polar surface area (TPSA) is 0 Å².